The second-order valence-corrected chi connectivity index (χ2v) is 5.11. The number of allylic oxidation sites excluding steroid dienone is 5. The van der Waals surface area contributed by atoms with Crippen LogP contribution in [0.15, 0.2) is 36.0 Å². The molecule has 0 aromatic heterocycles. The first kappa shape index (κ1) is 10.4. The zero-order chi connectivity index (χ0) is 11.1. The van der Waals surface area contributed by atoms with Crippen LogP contribution in [-0.2, 0) is 4.79 Å². The van der Waals surface area contributed by atoms with Gasteiger partial charge >= 0.3 is 0 Å². The zero-order valence-corrected chi connectivity index (χ0v) is 9.55. The maximum Gasteiger partial charge on any atom is 0.178 e. The first-order valence-electron chi connectivity index (χ1n) is 5.61. The summed E-state index contributed by atoms with van der Waals surface area (Å²) >= 11 is 0. The molecule has 0 saturated heterocycles. The van der Waals surface area contributed by atoms with E-state index in [0.29, 0.717) is 5.92 Å². The van der Waals surface area contributed by atoms with Crippen LogP contribution in [0, 0.1) is 11.3 Å². The minimum Gasteiger partial charge on any atom is -0.290 e. The molecule has 2 rings (SSSR count). The topological polar surface area (TPSA) is 17.1 Å². The van der Waals surface area contributed by atoms with Crippen LogP contribution in [0.3, 0.4) is 0 Å². The van der Waals surface area contributed by atoms with Gasteiger partial charge in [-0.05, 0) is 44.3 Å². The van der Waals surface area contributed by atoms with Crippen molar-refractivity contribution in [1.29, 1.82) is 0 Å². The number of rotatable bonds is 1. The molecule has 0 unspecified atom stereocenters. The van der Waals surface area contributed by atoms with E-state index in [1.807, 2.05) is 6.08 Å². The third kappa shape index (κ3) is 1.83. The molecule has 1 saturated carbocycles. The van der Waals surface area contributed by atoms with Crippen LogP contribution >= 0.6 is 0 Å². The molecular formula is C14H18O. The largest absolute Gasteiger partial charge is 0.290 e. The number of ketones is 1. The van der Waals surface area contributed by atoms with Gasteiger partial charge in [0.05, 0.1) is 0 Å². The number of carbonyl (C=O) groups is 1. The smallest absolute Gasteiger partial charge is 0.178 e. The predicted molar refractivity (Wildman–Crippen MR) is 62.5 cm³/mol. The van der Waals surface area contributed by atoms with Gasteiger partial charge in [-0.1, -0.05) is 30.7 Å². The Labute approximate surface area is 91.6 Å². The highest BCUT2D eigenvalue weighted by molar-refractivity contribution is 6.01. The first-order valence-corrected chi connectivity index (χ1v) is 5.61. The lowest BCUT2D eigenvalue weighted by molar-refractivity contribution is -0.110. The van der Waals surface area contributed by atoms with Crippen LogP contribution in [0.4, 0.5) is 0 Å². The molecule has 1 nitrogen and oxygen atoms in total. The Hall–Kier alpha value is -1.11. The standard InChI is InChI=1S/C14H18O/c1-10(2)11-4-6-14(3)7-5-13(15)9-12(14)8-11/h5,7,9,11H,1,4,6,8H2,2-3H3/t11-,14+/m1/s1. The molecule has 1 heteroatoms. The van der Waals surface area contributed by atoms with Crippen molar-refractivity contribution < 1.29 is 4.79 Å². The van der Waals surface area contributed by atoms with Gasteiger partial charge in [0.2, 0.25) is 0 Å². The quantitative estimate of drug-likeness (QED) is 0.595. The van der Waals surface area contributed by atoms with E-state index < -0.39 is 0 Å². The van der Waals surface area contributed by atoms with Crippen LogP contribution in [-0.4, -0.2) is 5.78 Å². The molecule has 0 aliphatic heterocycles. The van der Waals surface area contributed by atoms with Gasteiger partial charge < -0.3 is 0 Å². The molecule has 80 valence electrons. The van der Waals surface area contributed by atoms with Crippen molar-refractivity contribution in [3.8, 4) is 0 Å². The van der Waals surface area contributed by atoms with Gasteiger partial charge in [0.1, 0.15) is 0 Å². The Bertz CT molecular complexity index is 373. The monoisotopic (exact) mass is 202 g/mol. The van der Waals surface area contributed by atoms with E-state index in [1.165, 1.54) is 17.6 Å². The average molecular weight is 202 g/mol. The Balaban J connectivity index is 2.25. The molecule has 1 fully saturated rings. The van der Waals surface area contributed by atoms with Crippen LogP contribution < -0.4 is 0 Å². The van der Waals surface area contributed by atoms with Crippen LogP contribution in [0.1, 0.15) is 33.1 Å². The van der Waals surface area contributed by atoms with E-state index in [4.69, 9.17) is 0 Å². The summed E-state index contributed by atoms with van der Waals surface area (Å²) in [6.45, 7) is 8.35. The number of hydrogen-bond acceptors (Lipinski definition) is 1. The van der Waals surface area contributed by atoms with E-state index in [2.05, 4.69) is 26.5 Å². The highest BCUT2D eigenvalue weighted by Gasteiger charge is 2.35. The maximum absolute atomic E-state index is 11.4. The summed E-state index contributed by atoms with van der Waals surface area (Å²) in [7, 11) is 0. The van der Waals surface area contributed by atoms with E-state index >= 15 is 0 Å². The molecule has 0 N–H and O–H groups in total. The number of carbonyl (C=O) groups excluding carboxylic acids is 1. The fourth-order valence-corrected chi connectivity index (χ4v) is 2.56. The molecule has 0 spiro atoms. The second-order valence-electron chi connectivity index (χ2n) is 5.11. The normalized spacial score (nSPS) is 34.7. The maximum atomic E-state index is 11.4. The van der Waals surface area contributed by atoms with E-state index in [9.17, 15) is 4.79 Å². The zero-order valence-electron chi connectivity index (χ0n) is 9.55. The second kappa shape index (κ2) is 3.48. The Kier molecular flexibility index (Phi) is 2.41. The van der Waals surface area contributed by atoms with E-state index in [-0.39, 0.29) is 11.2 Å². The van der Waals surface area contributed by atoms with Gasteiger partial charge in [-0.25, -0.2) is 0 Å². The van der Waals surface area contributed by atoms with Crippen molar-refractivity contribution >= 4 is 5.78 Å². The molecule has 2 aliphatic carbocycles. The molecule has 2 aliphatic rings. The molecule has 0 heterocycles. The van der Waals surface area contributed by atoms with Crippen LogP contribution in [0.2, 0.25) is 0 Å². The van der Waals surface area contributed by atoms with Crippen molar-refractivity contribution in [3.63, 3.8) is 0 Å². The summed E-state index contributed by atoms with van der Waals surface area (Å²) in [6, 6.07) is 0. The lowest BCUT2D eigenvalue weighted by Crippen LogP contribution is -2.28. The SMILES string of the molecule is C=C(C)[C@@H]1CC[C@@]2(C)C=CC(=O)C=C2C1. The fraction of sp³-hybridized carbons (Fsp3) is 0.500. The van der Waals surface area contributed by atoms with Gasteiger partial charge in [0, 0.05) is 5.41 Å². The third-order valence-corrected chi connectivity index (χ3v) is 3.84. The molecule has 0 aromatic carbocycles. The summed E-state index contributed by atoms with van der Waals surface area (Å²) in [5.41, 5.74) is 2.69. The number of hydrogen-bond donors (Lipinski definition) is 0. The van der Waals surface area contributed by atoms with Crippen LogP contribution in [0.25, 0.3) is 0 Å². The van der Waals surface area contributed by atoms with Gasteiger partial charge in [-0.15, -0.1) is 0 Å². The van der Waals surface area contributed by atoms with Crippen LogP contribution in [0.5, 0.6) is 0 Å². The minimum absolute atomic E-state index is 0.139. The number of fused-ring (bicyclic) bond motifs is 1. The molecular weight excluding hydrogens is 184 g/mol. The summed E-state index contributed by atoms with van der Waals surface area (Å²) in [6.07, 6.45) is 8.97. The Morgan fingerprint density at radius 2 is 2.33 bits per heavy atom. The van der Waals surface area contributed by atoms with E-state index in [1.54, 1.807) is 6.08 Å². The van der Waals surface area contributed by atoms with Crippen molar-refractivity contribution in [2.24, 2.45) is 11.3 Å². The molecule has 15 heavy (non-hydrogen) atoms. The van der Waals surface area contributed by atoms with Crippen molar-refractivity contribution in [3.05, 3.63) is 36.0 Å². The van der Waals surface area contributed by atoms with Gasteiger partial charge in [-0.2, -0.15) is 0 Å². The summed E-state index contributed by atoms with van der Waals surface area (Å²) in [5, 5.41) is 0. The third-order valence-electron chi connectivity index (χ3n) is 3.84. The summed E-state index contributed by atoms with van der Waals surface area (Å²) in [4.78, 5) is 11.4. The van der Waals surface area contributed by atoms with Crippen molar-refractivity contribution in [1.82, 2.24) is 0 Å². The van der Waals surface area contributed by atoms with Crippen molar-refractivity contribution in [2.45, 2.75) is 33.1 Å². The van der Waals surface area contributed by atoms with Gasteiger partial charge in [0.25, 0.3) is 0 Å². The summed E-state index contributed by atoms with van der Waals surface area (Å²) < 4.78 is 0. The highest BCUT2D eigenvalue weighted by Crippen LogP contribution is 2.46. The summed E-state index contributed by atoms with van der Waals surface area (Å²) in [5.74, 6) is 0.716. The van der Waals surface area contributed by atoms with Crippen molar-refractivity contribution in [2.75, 3.05) is 0 Å². The first-order chi connectivity index (χ1) is 7.01. The Morgan fingerprint density at radius 1 is 1.60 bits per heavy atom. The molecule has 2 atom stereocenters. The molecule has 0 aromatic rings. The fourth-order valence-electron chi connectivity index (χ4n) is 2.56. The van der Waals surface area contributed by atoms with Gasteiger partial charge in [0.15, 0.2) is 5.78 Å². The van der Waals surface area contributed by atoms with Gasteiger partial charge in [-0.3, -0.25) is 4.79 Å². The molecule has 0 amide bonds. The minimum atomic E-state index is 0.139. The average Bonchev–Trinajstić information content (AvgIpc) is 2.18. The predicted octanol–water partition coefficient (Wildman–Crippen LogP) is 3.43. The Morgan fingerprint density at radius 3 is 3.00 bits per heavy atom. The van der Waals surface area contributed by atoms with E-state index in [0.717, 1.165) is 12.8 Å². The lowest BCUT2D eigenvalue weighted by Gasteiger charge is -2.39. The molecule has 0 radical (unpaired) electrons. The molecule has 0 bridgehead atoms. The lowest BCUT2D eigenvalue weighted by atomic mass is 9.65. The highest BCUT2D eigenvalue weighted by atomic mass is 16.1.